The van der Waals surface area contributed by atoms with E-state index in [2.05, 4.69) is 30.3 Å². The standard InChI is InChI=1S/C18H25N7O/c1-3-9-24(10-4-1)17-20-16(23-19-14-15-8-7-13-26-15)21-18(22-17)25-11-5-2-6-12-25/h7-8,13-14H,1-6,9-12H2,(H,20,21,22,23)/b19-14-. The van der Waals surface area contributed by atoms with Crippen LogP contribution >= 0.6 is 0 Å². The number of rotatable bonds is 5. The molecular formula is C18H25N7O. The molecular weight excluding hydrogens is 330 g/mol. The summed E-state index contributed by atoms with van der Waals surface area (Å²) in [5.41, 5.74) is 2.94. The van der Waals surface area contributed by atoms with E-state index in [4.69, 9.17) is 9.40 Å². The van der Waals surface area contributed by atoms with Gasteiger partial charge < -0.3 is 14.2 Å². The Morgan fingerprint density at radius 2 is 1.50 bits per heavy atom. The first-order valence-corrected chi connectivity index (χ1v) is 9.47. The molecule has 26 heavy (non-hydrogen) atoms. The Morgan fingerprint density at radius 3 is 2.04 bits per heavy atom. The fraction of sp³-hybridized carbons (Fsp3) is 0.556. The van der Waals surface area contributed by atoms with Crippen molar-refractivity contribution in [1.82, 2.24) is 15.0 Å². The van der Waals surface area contributed by atoms with Gasteiger partial charge in [0, 0.05) is 26.2 Å². The zero-order valence-corrected chi connectivity index (χ0v) is 15.0. The van der Waals surface area contributed by atoms with Crippen LogP contribution in [0.5, 0.6) is 0 Å². The largest absolute Gasteiger partial charge is 0.463 e. The zero-order chi connectivity index (χ0) is 17.6. The third-order valence-corrected chi connectivity index (χ3v) is 4.79. The first-order chi connectivity index (χ1) is 12.9. The second kappa shape index (κ2) is 8.16. The van der Waals surface area contributed by atoms with Crippen LogP contribution in [-0.2, 0) is 0 Å². The molecule has 0 spiro atoms. The van der Waals surface area contributed by atoms with Gasteiger partial charge in [0.2, 0.25) is 17.8 Å². The molecule has 0 saturated carbocycles. The highest BCUT2D eigenvalue weighted by molar-refractivity contribution is 5.76. The lowest BCUT2D eigenvalue weighted by Crippen LogP contribution is -2.34. The van der Waals surface area contributed by atoms with Gasteiger partial charge in [-0.15, -0.1) is 0 Å². The lowest BCUT2D eigenvalue weighted by atomic mass is 10.1. The molecule has 0 amide bonds. The SMILES string of the molecule is C(=N/Nc1nc(N2CCCCC2)nc(N2CCCCC2)n1)/c1ccco1. The first-order valence-electron chi connectivity index (χ1n) is 9.47. The monoisotopic (exact) mass is 355 g/mol. The van der Waals surface area contributed by atoms with Crippen LogP contribution in [0.3, 0.4) is 0 Å². The number of nitrogens with zero attached hydrogens (tertiary/aromatic N) is 6. The van der Waals surface area contributed by atoms with Crippen LogP contribution in [0.25, 0.3) is 0 Å². The molecule has 2 aromatic rings. The Morgan fingerprint density at radius 1 is 0.885 bits per heavy atom. The Balaban J connectivity index is 1.56. The van der Waals surface area contributed by atoms with Crippen molar-refractivity contribution < 1.29 is 4.42 Å². The smallest absolute Gasteiger partial charge is 0.250 e. The number of aromatic nitrogens is 3. The minimum atomic E-state index is 0.476. The van der Waals surface area contributed by atoms with Crippen molar-refractivity contribution in [2.75, 3.05) is 41.4 Å². The number of hydrogen-bond donors (Lipinski definition) is 1. The lowest BCUT2D eigenvalue weighted by molar-refractivity contribution is 0.556. The minimum absolute atomic E-state index is 0.476. The van der Waals surface area contributed by atoms with Crippen molar-refractivity contribution in [3.8, 4) is 0 Å². The molecule has 0 unspecified atom stereocenters. The summed E-state index contributed by atoms with van der Waals surface area (Å²) in [6.45, 7) is 3.99. The average Bonchev–Trinajstić information content (AvgIpc) is 3.23. The molecule has 0 aliphatic carbocycles. The van der Waals surface area contributed by atoms with E-state index in [1.165, 1.54) is 38.5 Å². The summed E-state index contributed by atoms with van der Waals surface area (Å²) in [6, 6.07) is 3.67. The predicted octanol–water partition coefficient (Wildman–Crippen LogP) is 2.89. The second-order valence-electron chi connectivity index (χ2n) is 6.74. The molecule has 0 radical (unpaired) electrons. The van der Waals surface area contributed by atoms with Crippen molar-refractivity contribution in [2.45, 2.75) is 38.5 Å². The van der Waals surface area contributed by atoms with Gasteiger partial charge in [0.15, 0.2) is 0 Å². The molecule has 4 rings (SSSR count). The summed E-state index contributed by atoms with van der Waals surface area (Å²) < 4.78 is 5.25. The summed E-state index contributed by atoms with van der Waals surface area (Å²) >= 11 is 0. The molecule has 2 aliphatic heterocycles. The Bertz CT molecular complexity index is 683. The van der Waals surface area contributed by atoms with Gasteiger partial charge in [0.05, 0.1) is 12.5 Å². The zero-order valence-electron chi connectivity index (χ0n) is 15.0. The van der Waals surface area contributed by atoms with Gasteiger partial charge in [0.25, 0.3) is 0 Å². The number of hydrogen-bond acceptors (Lipinski definition) is 8. The highest BCUT2D eigenvalue weighted by Crippen LogP contribution is 2.22. The second-order valence-corrected chi connectivity index (χ2v) is 6.74. The van der Waals surface area contributed by atoms with Gasteiger partial charge in [-0.05, 0) is 50.7 Å². The van der Waals surface area contributed by atoms with E-state index in [0.717, 1.165) is 38.1 Å². The lowest BCUT2D eigenvalue weighted by Gasteiger charge is -2.30. The number of furan rings is 1. The van der Waals surface area contributed by atoms with E-state index in [1.54, 1.807) is 12.5 Å². The van der Waals surface area contributed by atoms with Gasteiger partial charge in [-0.25, -0.2) is 5.43 Å². The maximum Gasteiger partial charge on any atom is 0.250 e. The molecule has 2 aromatic heterocycles. The number of hydrazone groups is 1. The molecule has 4 heterocycles. The summed E-state index contributed by atoms with van der Waals surface area (Å²) in [6.07, 6.45) is 10.5. The van der Waals surface area contributed by atoms with Gasteiger partial charge in [-0.2, -0.15) is 20.1 Å². The Labute approximate surface area is 153 Å². The van der Waals surface area contributed by atoms with Gasteiger partial charge in [-0.1, -0.05) is 0 Å². The van der Waals surface area contributed by atoms with E-state index >= 15 is 0 Å². The van der Waals surface area contributed by atoms with Crippen molar-refractivity contribution >= 4 is 24.1 Å². The van der Waals surface area contributed by atoms with E-state index < -0.39 is 0 Å². The van der Waals surface area contributed by atoms with Crippen LogP contribution in [0.1, 0.15) is 44.3 Å². The van der Waals surface area contributed by atoms with E-state index in [0.29, 0.717) is 11.7 Å². The summed E-state index contributed by atoms with van der Waals surface area (Å²) in [4.78, 5) is 18.4. The molecule has 0 atom stereocenters. The summed E-state index contributed by atoms with van der Waals surface area (Å²) in [7, 11) is 0. The molecule has 138 valence electrons. The van der Waals surface area contributed by atoms with Crippen LogP contribution in [-0.4, -0.2) is 47.3 Å². The minimum Gasteiger partial charge on any atom is -0.463 e. The van der Waals surface area contributed by atoms with Crippen LogP contribution in [0.2, 0.25) is 0 Å². The van der Waals surface area contributed by atoms with Gasteiger partial charge in [-0.3, -0.25) is 0 Å². The highest BCUT2D eigenvalue weighted by Gasteiger charge is 2.20. The van der Waals surface area contributed by atoms with Crippen LogP contribution in [0.15, 0.2) is 27.9 Å². The quantitative estimate of drug-likeness (QED) is 0.652. The highest BCUT2D eigenvalue weighted by atomic mass is 16.3. The third-order valence-electron chi connectivity index (χ3n) is 4.79. The molecule has 0 aromatic carbocycles. The maximum atomic E-state index is 5.25. The molecule has 8 heteroatoms. The molecule has 1 N–H and O–H groups in total. The normalized spacial score (nSPS) is 18.5. The predicted molar refractivity (Wildman–Crippen MR) is 102 cm³/mol. The Hall–Kier alpha value is -2.64. The van der Waals surface area contributed by atoms with Crippen molar-refractivity contribution in [3.05, 3.63) is 24.2 Å². The van der Waals surface area contributed by atoms with Crippen LogP contribution in [0.4, 0.5) is 17.8 Å². The number of piperidine rings is 2. The van der Waals surface area contributed by atoms with Crippen LogP contribution < -0.4 is 15.2 Å². The molecule has 8 nitrogen and oxygen atoms in total. The molecule has 0 bridgehead atoms. The van der Waals surface area contributed by atoms with Crippen molar-refractivity contribution in [3.63, 3.8) is 0 Å². The van der Waals surface area contributed by atoms with E-state index in [9.17, 15) is 0 Å². The van der Waals surface area contributed by atoms with Crippen molar-refractivity contribution in [1.29, 1.82) is 0 Å². The van der Waals surface area contributed by atoms with Crippen LogP contribution in [0, 0.1) is 0 Å². The Kier molecular flexibility index (Phi) is 5.27. The summed E-state index contributed by atoms with van der Waals surface area (Å²) in [5.74, 6) is 2.65. The fourth-order valence-electron chi connectivity index (χ4n) is 3.39. The molecule has 2 saturated heterocycles. The number of anilines is 3. The molecule has 2 aliphatic rings. The van der Waals surface area contributed by atoms with Gasteiger partial charge >= 0.3 is 0 Å². The van der Waals surface area contributed by atoms with Gasteiger partial charge in [0.1, 0.15) is 5.76 Å². The first kappa shape index (κ1) is 16.8. The maximum absolute atomic E-state index is 5.25. The fourth-order valence-corrected chi connectivity index (χ4v) is 3.39. The van der Waals surface area contributed by atoms with E-state index in [-0.39, 0.29) is 0 Å². The summed E-state index contributed by atoms with van der Waals surface area (Å²) in [5, 5.41) is 4.20. The van der Waals surface area contributed by atoms with Crippen molar-refractivity contribution in [2.24, 2.45) is 5.10 Å². The topological polar surface area (TPSA) is 82.7 Å². The number of nitrogens with one attached hydrogen (secondary N) is 1. The van der Waals surface area contributed by atoms with E-state index in [1.807, 2.05) is 12.1 Å². The molecule has 2 fully saturated rings. The third kappa shape index (κ3) is 4.12. The average molecular weight is 355 g/mol.